The van der Waals surface area contributed by atoms with Crippen LogP contribution in [-0.4, -0.2) is 30.8 Å². The summed E-state index contributed by atoms with van der Waals surface area (Å²) in [4.78, 5) is 6.64. The summed E-state index contributed by atoms with van der Waals surface area (Å²) >= 11 is 0. The molecule has 1 aromatic rings. The molecule has 0 saturated carbocycles. The average Bonchev–Trinajstić information content (AvgIpc) is 2.77. The lowest BCUT2D eigenvalue weighted by Gasteiger charge is -2.19. The maximum atomic E-state index is 5.94. The molecule has 0 spiro atoms. The van der Waals surface area contributed by atoms with Crippen molar-refractivity contribution in [3.05, 3.63) is 24.0 Å². The Kier molecular flexibility index (Phi) is 4.59. The van der Waals surface area contributed by atoms with Crippen LogP contribution < -0.4 is 4.90 Å². The van der Waals surface area contributed by atoms with Crippen LogP contribution in [-0.2, 0) is 4.74 Å². The van der Waals surface area contributed by atoms with E-state index in [1.54, 1.807) is 0 Å². The summed E-state index contributed by atoms with van der Waals surface area (Å²) in [5.41, 5.74) is 2.36. The molecule has 100 valence electrons. The maximum Gasteiger partial charge on any atom is 0.0766 e. The van der Waals surface area contributed by atoms with E-state index < -0.39 is 0 Å². The van der Waals surface area contributed by atoms with Gasteiger partial charge in [0.1, 0.15) is 0 Å². The van der Waals surface area contributed by atoms with Gasteiger partial charge in [0.2, 0.25) is 0 Å². The van der Waals surface area contributed by atoms with Crippen molar-refractivity contribution >= 4 is 5.69 Å². The molecule has 1 aliphatic rings. The van der Waals surface area contributed by atoms with E-state index in [2.05, 4.69) is 35.9 Å². The van der Waals surface area contributed by atoms with E-state index in [0.717, 1.165) is 44.1 Å². The Morgan fingerprint density at radius 1 is 1.50 bits per heavy atom. The molecule has 0 radical (unpaired) electrons. The number of aryl methyl sites for hydroxylation is 1. The molecule has 1 saturated heterocycles. The molecule has 0 N–H and O–H groups in total. The maximum absolute atomic E-state index is 5.94. The average molecular weight is 248 g/mol. The molecule has 3 nitrogen and oxygen atoms in total. The van der Waals surface area contributed by atoms with Crippen LogP contribution in [0.1, 0.15) is 32.4 Å². The van der Waals surface area contributed by atoms with Crippen LogP contribution in [0, 0.1) is 12.8 Å². The molecular weight excluding hydrogens is 224 g/mol. The molecule has 0 aromatic carbocycles. The summed E-state index contributed by atoms with van der Waals surface area (Å²) in [5, 5.41) is 0. The zero-order chi connectivity index (χ0) is 13.0. The van der Waals surface area contributed by atoms with E-state index in [1.165, 1.54) is 5.69 Å². The van der Waals surface area contributed by atoms with Crippen LogP contribution in [0.2, 0.25) is 0 Å². The zero-order valence-corrected chi connectivity index (χ0v) is 11.7. The smallest absolute Gasteiger partial charge is 0.0766 e. The Bertz CT molecular complexity index is 379. The molecular formula is C15H24N2O. The summed E-state index contributed by atoms with van der Waals surface area (Å²) in [6.07, 6.45) is 4.58. The van der Waals surface area contributed by atoms with Gasteiger partial charge in [-0.25, -0.2) is 0 Å². The minimum absolute atomic E-state index is 0.400. The first kappa shape index (κ1) is 13.3. The highest BCUT2D eigenvalue weighted by molar-refractivity contribution is 5.47. The first-order chi connectivity index (χ1) is 8.65. The van der Waals surface area contributed by atoms with Crippen molar-refractivity contribution in [2.75, 3.05) is 24.6 Å². The van der Waals surface area contributed by atoms with Crippen LogP contribution in [0.15, 0.2) is 18.3 Å². The molecule has 1 unspecified atom stereocenters. The van der Waals surface area contributed by atoms with Crippen molar-refractivity contribution in [3.63, 3.8) is 0 Å². The van der Waals surface area contributed by atoms with Gasteiger partial charge in [0, 0.05) is 37.3 Å². The van der Waals surface area contributed by atoms with E-state index in [0.29, 0.717) is 6.10 Å². The lowest BCUT2D eigenvalue weighted by Crippen LogP contribution is -2.23. The fourth-order valence-corrected chi connectivity index (χ4v) is 2.30. The Balaban J connectivity index is 1.81. The molecule has 0 aliphatic carbocycles. The highest BCUT2D eigenvalue weighted by Gasteiger charge is 2.23. The summed E-state index contributed by atoms with van der Waals surface area (Å²) < 4.78 is 5.94. The van der Waals surface area contributed by atoms with Gasteiger partial charge < -0.3 is 9.64 Å². The van der Waals surface area contributed by atoms with Crippen molar-refractivity contribution in [3.8, 4) is 0 Å². The van der Waals surface area contributed by atoms with E-state index >= 15 is 0 Å². The van der Waals surface area contributed by atoms with Crippen LogP contribution in [0.4, 0.5) is 5.69 Å². The highest BCUT2D eigenvalue weighted by Crippen LogP contribution is 2.22. The van der Waals surface area contributed by atoms with Crippen molar-refractivity contribution < 1.29 is 4.74 Å². The number of hydrogen-bond donors (Lipinski definition) is 0. The predicted octanol–water partition coefficient (Wildman–Crippen LogP) is 3.03. The SMILES string of the molecule is Cc1cc(N2CCC(OCCC(C)C)C2)ccn1. The van der Waals surface area contributed by atoms with Gasteiger partial charge in [-0.05, 0) is 37.8 Å². The fraction of sp³-hybridized carbons (Fsp3) is 0.667. The van der Waals surface area contributed by atoms with Gasteiger partial charge in [-0.2, -0.15) is 0 Å². The molecule has 1 atom stereocenters. The predicted molar refractivity (Wildman–Crippen MR) is 75.0 cm³/mol. The molecule has 2 heterocycles. The van der Waals surface area contributed by atoms with Gasteiger partial charge in [-0.15, -0.1) is 0 Å². The van der Waals surface area contributed by atoms with Crippen molar-refractivity contribution in [2.45, 2.75) is 39.7 Å². The Morgan fingerprint density at radius 2 is 2.33 bits per heavy atom. The van der Waals surface area contributed by atoms with Gasteiger partial charge in [-0.1, -0.05) is 13.8 Å². The second-order valence-corrected chi connectivity index (χ2v) is 5.57. The third kappa shape index (κ3) is 3.70. The molecule has 18 heavy (non-hydrogen) atoms. The van der Waals surface area contributed by atoms with E-state index in [1.807, 2.05) is 13.1 Å². The lowest BCUT2D eigenvalue weighted by molar-refractivity contribution is 0.0609. The standard InChI is InChI=1S/C15H24N2O/c1-12(2)6-9-18-15-5-8-17(11-15)14-4-7-16-13(3)10-14/h4,7,10,12,15H,5-6,8-9,11H2,1-3H3. The highest BCUT2D eigenvalue weighted by atomic mass is 16.5. The first-order valence-corrected chi connectivity index (χ1v) is 6.94. The number of hydrogen-bond acceptors (Lipinski definition) is 3. The first-order valence-electron chi connectivity index (χ1n) is 6.94. The van der Waals surface area contributed by atoms with Crippen LogP contribution >= 0.6 is 0 Å². The van der Waals surface area contributed by atoms with Crippen LogP contribution in [0.5, 0.6) is 0 Å². The minimum Gasteiger partial charge on any atom is -0.376 e. The van der Waals surface area contributed by atoms with Crippen molar-refractivity contribution in [1.29, 1.82) is 0 Å². The third-order valence-corrected chi connectivity index (χ3v) is 3.44. The normalized spacial score (nSPS) is 19.8. The summed E-state index contributed by atoms with van der Waals surface area (Å²) in [5.74, 6) is 0.727. The van der Waals surface area contributed by atoms with Gasteiger partial charge in [0.15, 0.2) is 0 Å². The van der Waals surface area contributed by atoms with Gasteiger partial charge in [0.05, 0.1) is 6.10 Å². The summed E-state index contributed by atoms with van der Waals surface area (Å²) in [6.45, 7) is 9.52. The third-order valence-electron chi connectivity index (χ3n) is 3.44. The molecule has 2 rings (SSSR count). The number of anilines is 1. The van der Waals surface area contributed by atoms with Crippen LogP contribution in [0.25, 0.3) is 0 Å². The molecule has 1 aromatic heterocycles. The molecule has 3 heteroatoms. The van der Waals surface area contributed by atoms with Gasteiger partial charge in [-0.3, -0.25) is 4.98 Å². The second-order valence-electron chi connectivity index (χ2n) is 5.57. The van der Waals surface area contributed by atoms with Gasteiger partial charge in [0.25, 0.3) is 0 Å². The number of nitrogens with zero attached hydrogens (tertiary/aromatic N) is 2. The molecule has 0 amide bonds. The molecule has 0 bridgehead atoms. The quantitative estimate of drug-likeness (QED) is 0.801. The zero-order valence-electron chi connectivity index (χ0n) is 11.7. The Hall–Kier alpha value is -1.09. The van der Waals surface area contributed by atoms with E-state index in [4.69, 9.17) is 4.74 Å². The summed E-state index contributed by atoms with van der Waals surface area (Å²) in [7, 11) is 0. The fourth-order valence-electron chi connectivity index (χ4n) is 2.30. The minimum atomic E-state index is 0.400. The van der Waals surface area contributed by atoms with Crippen molar-refractivity contribution in [1.82, 2.24) is 4.98 Å². The van der Waals surface area contributed by atoms with E-state index in [9.17, 15) is 0 Å². The van der Waals surface area contributed by atoms with E-state index in [-0.39, 0.29) is 0 Å². The topological polar surface area (TPSA) is 25.4 Å². The van der Waals surface area contributed by atoms with Gasteiger partial charge >= 0.3 is 0 Å². The van der Waals surface area contributed by atoms with Crippen molar-refractivity contribution in [2.24, 2.45) is 5.92 Å². The second kappa shape index (κ2) is 6.19. The number of ether oxygens (including phenoxy) is 1. The molecule has 1 aliphatic heterocycles. The number of rotatable bonds is 5. The molecule has 1 fully saturated rings. The van der Waals surface area contributed by atoms with Crippen LogP contribution in [0.3, 0.4) is 0 Å². The number of aromatic nitrogens is 1. The largest absolute Gasteiger partial charge is 0.376 e. The summed E-state index contributed by atoms with van der Waals surface area (Å²) in [6, 6.07) is 4.24. The number of pyridine rings is 1. The Morgan fingerprint density at radius 3 is 3.06 bits per heavy atom. The Labute approximate surface area is 110 Å². The lowest BCUT2D eigenvalue weighted by atomic mass is 10.1. The monoisotopic (exact) mass is 248 g/mol.